The van der Waals surface area contributed by atoms with Crippen molar-refractivity contribution in [1.82, 2.24) is 4.90 Å². The van der Waals surface area contributed by atoms with E-state index >= 15 is 0 Å². The lowest BCUT2D eigenvalue weighted by atomic mass is 10.1. The highest BCUT2D eigenvalue weighted by Gasteiger charge is 2.36. The van der Waals surface area contributed by atoms with Crippen LogP contribution in [0, 0.1) is 6.92 Å². The van der Waals surface area contributed by atoms with E-state index in [9.17, 15) is 14.4 Å². The van der Waals surface area contributed by atoms with Crippen molar-refractivity contribution in [3.63, 3.8) is 0 Å². The van der Waals surface area contributed by atoms with Gasteiger partial charge in [0.2, 0.25) is 5.91 Å². The summed E-state index contributed by atoms with van der Waals surface area (Å²) in [6.45, 7) is 2.13. The summed E-state index contributed by atoms with van der Waals surface area (Å²) in [7, 11) is 1.55. The zero-order valence-corrected chi connectivity index (χ0v) is 20.1. The number of rotatable bonds is 8. The summed E-state index contributed by atoms with van der Waals surface area (Å²) in [6, 6.07) is 22.1. The number of carbonyl (C=O) groups excluding carboxylic acids is 3. The van der Waals surface area contributed by atoms with Crippen LogP contribution in [-0.4, -0.2) is 35.6 Å². The number of benzene rings is 3. The summed E-state index contributed by atoms with van der Waals surface area (Å²) >= 11 is 0.814. The highest BCUT2D eigenvalue weighted by molar-refractivity contribution is 8.18. The molecule has 35 heavy (non-hydrogen) atoms. The van der Waals surface area contributed by atoms with Gasteiger partial charge in [-0.25, -0.2) is 0 Å². The van der Waals surface area contributed by atoms with Gasteiger partial charge in [-0.05, 0) is 72.3 Å². The van der Waals surface area contributed by atoms with Crippen LogP contribution in [-0.2, 0) is 16.2 Å². The van der Waals surface area contributed by atoms with Crippen LogP contribution in [0.3, 0.4) is 0 Å². The first-order valence-electron chi connectivity index (χ1n) is 10.9. The number of nitrogens with zero attached hydrogens (tertiary/aromatic N) is 1. The Kier molecular flexibility index (Phi) is 7.52. The van der Waals surface area contributed by atoms with Crippen molar-refractivity contribution in [3.05, 3.63) is 94.4 Å². The summed E-state index contributed by atoms with van der Waals surface area (Å²) in [6.07, 6.45) is 1.64. The second-order valence-electron chi connectivity index (χ2n) is 7.89. The number of carbonyl (C=O) groups is 3. The molecule has 0 radical (unpaired) electrons. The van der Waals surface area contributed by atoms with Crippen molar-refractivity contribution in [3.8, 4) is 11.5 Å². The lowest BCUT2D eigenvalue weighted by Gasteiger charge is -2.12. The maximum Gasteiger partial charge on any atom is 0.294 e. The Labute approximate surface area is 207 Å². The third kappa shape index (κ3) is 6.30. The molecule has 3 aromatic carbocycles. The number of aryl methyl sites for hydroxylation is 1. The minimum absolute atomic E-state index is 0.265. The predicted octanol–water partition coefficient (Wildman–Crippen LogP) is 5.26. The van der Waals surface area contributed by atoms with Crippen LogP contribution in [0.2, 0.25) is 0 Å². The first-order valence-corrected chi connectivity index (χ1v) is 11.7. The quantitative estimate of drug-likeness (QED) is 0.436. The fourth-order valence-corrected chi connectivity index (χ4v) is 4.27. The van der Waals surface area contributed by atoms with Gasteiger partial charge in [0, 0.05) is 5.69 Å². The molecule has 4 rings (SSSR count). The van der Waals surface area contributed by atoms with E-state index in [-0.39, 0.29) is 11.4 Å². The van der Waals surface area contributed by atoms with Gasteiger partial charge in [-0.15, -0.1) is 0 Å². The van der Waals surface area contributed by atoms with Crippen molar-refractivity contribution >= 4 is 40.6 Å². The Bertz CT molecular complexity index is 1270. The number of ether oxygens (including phenoxy) is 2. The zero-order valence-electron chi connectivity index (χ0n) is 19.3. The molecule has 0 bridgehead atoms. The topological polar surface area (TPSA) is 84.9 Å². The molecule has 1 N–H and O–H groups in total. The van der Waals surface area contributed by atoms with E-state index in [1.54, 1.807) is 37.5 Å². The summed E-state index contributed by atoms with van der Waals surface area (Å²) in [4.78, 5) is 38.7. The normalized spacial score (nSPS) is 14.3. The molecule has 3 amide bonds. The molecule has 0 atom stereocenters. The summed E-state index contributed by atoms with van der Waals surface area (Å²) in [5, 5.41) is 2.19. The molecule has 0 saturated carbocycles. The Hall–Kier alpha value is -4.04. The van der Waals surface area contributed by atoms with Crippen LogP contribution >= 0.6 is 11.8 Å². The third-order valence-electron chi connectivity index (χ3n) is 5.21. The standard InChI is InChI=1S/C27H24N2O5S/c1-18-4-3-5-20(14-18)17-34-23-10-6-19(7-11-23)15-24-26(31)29(27(32)35-24)16-25(30)28-21-8-12-22(33-2)13-9-21/h3-15H,16-17H2,1-2H3,(H,28,30)/b24-15+. The van der Waals surface area contributed by atoms with Gasteiger partial charge < -0.3 is 14.8 Å². The average molecular weight is 489 g/mol. The molecule has 1 heterocycles. The number of amides is 3. The Morgan fingerprint density at radius 2 is 1.71 bits per heavy atom. The van der Waals surface area contributed by atoms with Gasteiger partial charge in [-0.3, -0.25) is 19.3 Å². The van der Waals surface area contributed by atoms with E-state index < -0.39 is 17.1 Å². The SMILES string of the molecule is COc1ccc(NC(=O)CN2C(=O)S/C(=C/c3ccc(OCc4cccc(C)c4)cc3)C2=O)cc1. The molecular formula is C27H24N2O5S. The molecular weight excluding hydrogens is 464 g/mol. The first-order chi connectivity index (χ1) is 16.9. The predicted molar refractivity (Wildman–Crippen MR) is 136 cm³/mol. The molecule has 1 aliphatic heterocycles. The Morgan fingerprint density at radius 3 is 2.40 bits per heavy atom. The molecule has 7 nitrogen and oxygen atoms in total. The van der Waals surface area contributed by atoms with Crippen molar-refractivity contribution in [2.24, 2.45) is 0 Å². The molecule has 0 aromatic heterocycles. The summed E-state index contributed by atoms with van der Waals surface area (Å²) < 4.78 is 10.9. The minimum atomic E-state index is -0.496. The van der Waals surface area contributed by atoms with Gasteiger partial charge in [0.15, 0.2) is 0 Å². The van der Waals surface area contributed by atoms with Crippen LogP contribution < -0.4 is 14.8 Å². The number of thioether (sulfide) groups is 1. The third-order valence-corrected chi connectivity index (χ3v) is 6.12. The first kappa shape index (κ1) is 24.1. The number of anilines is 1. The second-order valence-corrected chi connectivity index (χ2v) is 8.88. The molecule has 178 valence electrons. The molecule has 1 fully saturated rings. The largest absolute Gasteiger partial charge is 0.497 e. The van der Waals surface area contributed by atoms with Crippen LogP contribution in [0.25, 0.3) is 6.08 Å². The van der Waals surface area contributed by atoms with Gasteiger partial charge in [-0.1, -0.05) is 42.0 Å². The summed E-state index contributed by atoms with van der Waals surface area (Å²) in [5.74, 6) is 0.399. The van der Waals surface area contributed by atoms with E-state index in [0.717, 1.165) is 27.8 Å². The number of nitrogens with one attached hydrogen (secondary N) is 1. The molecule has 1 saturated heterocycles. The average Bonchev–Trinajstić information content (AvgIpc) is 3.11. The van der Waals surface area contributed by atoms with E-state index in [1.807, 2.05) is 49.4 Å². The lowest BCUT2D eigenvalue weighted by molar-refractivity contribution is -0.127. The van der Waals surface area contributed by atoms with Crippen molar-refractivity contribution in [2.45, 2.75) is 13.5 Å². The highest BCUT2D eigenvalue weighted by atomic mass is 32.2. The molecule has 0 spiro atoms. The second kappa shape index (κ2) is 10.9. The van der Waals surface area contributed by atoms with Crippen LogP contribution in [0.4, 0.5) is 10.5 Å². The molecule has 0 unspecified atom stereocenters. The molecule has 1 aliphatic rings. The maximum atomic E-state index is 12.7. The molecule has 0 aliphatic carbocycles. The van der Waals surface area contributed by atoms with Crippen molar-refractivity contribution in [2.75, 3.05) is 19.0 Å². The van der Waals surface area contributed by atoms with Gasteiger partial charge in [0.25, 0.3) is 11.1 Å². The van der Waals surface area contributed by atoms with E-state index in [1.165, 1.54) is 5.56 Å². The zero-order chi connectivity index (χ0) is 24.8. The number of methoxy groups -OCH3 is 1. The number of hydrogen-bond donors (Lipinski definition) is 1. The molecule has 8 heteroatoms. The highest BCUT2D eigenvalue weighted by Crippen LogP contribution is 2.32. The van der Waals surface area contributed by atoms with Crippen LogP contribution in [0.1, 0.15) is 16.7 Å². The maximum absolute atomic E-state index is 12.7. The Morgan fingerprint density at radius 1 is 1.00 bits per heavy atom. The Balaban J connectivity index is 1.34. The van der Waals surface area contributed by atoms with Gasteiger partial charge in [0.05, 0.1) is 12.0 Å². The molecule has 3 aromatic rings. The van der Waals surface area contributed by atoms with Gasteiger partial charge >= 0.3 is 0 Å². The van der Waals surface area contributed by atoms with E-state index in [0.29, 0.717) is 23.8 Å². The van der Waals surface area contributed by atoms with Gasteiger partial charge in [0.1, 0.15) is 24.7 Å². The van der Waals surface area contributed by atoms with Crippen molar-refractivity contribution < 1.29 is 23.9 Å². The van der Waals surface area contributed by atoms with Gasteiger partial charge in [-0.2, -0.15) is 0 Å². The fourth-order valence-electron chi connectivity index (χ4n) is 3.44. The van der Waals surface area contributed by atoms with E-state index in [4.69, 9.17) is 9.47 Å². The summed E-state index contributed by atoms with van der Waals surface area (Å²) in [5.41, 5.74) is 3.55. The monoisotopic (exact) mass is 488 g/mol. The van der Waals surface area contributed by atoms with Crippen LogP contribution in [0.15, 0.2) is 77.7 Å². The smallest absolute Gasteiger partial charge is 0.294 e. The van der Waals surface area contributed by atoms with E-state index in [2.05, 4.69) is 11.4 Å². The minimum Gasteiger partial charge on any atom is -0.497 e. The number of imide groups is 1. The lowest BCUT2D eigenvalue weighted by Crippen LogP contribution is -2.36. The number of hydrogen-bond acceptors (Lipinski definition) is 6. The van der Waals surface area contributed by atoms with Crippen LogP contribution in [0.5, 0.6) is 11.5 Å². The van der Waals surface area contributed by atoms with Crippen molar-refractivity contribution in [1.29, 1.82) is 0 Å². The fraction of sp³-hybridized carbons (Fsp3) is 0.148.